The van der Waals surface area contributed by atoms with Crippen LogP contribution >= 0.6 is 0 Å². The van der Waals surface area contributed by atoms with Crippen LogP contribution in [0.15, 0.2) is 310 Å². The molecule has 5 aliphatic heterocycles. The normalized spacial score (nSPS) is 20.2. The first-order valence-corrected chi connectivity index (χ1v) is 48.0. The molecule has 15 aromatic rings. The van der Waals surface area contributed by atoms with Crippen LogP contribution in [-0.2, 0) is 99.5 Å². The SMILES string of the molecule is Cc1c(F)cc(C2(c3cc(F)c(O)c(F)c3)OS(=O)(=O)c3ccccc32)cc1F.Cc1cc(C2(c3cc(C)c(O)c(F)c3)OS(=O)(=O)c3ccccc32)ccc1O.Cc1ccc(C2(c3cc(F)c(O)c(F)c3)OS(=O)(=O)c3ccccc32)cc1F.Cc1ccc(C2(c3ccc(O)c(F)c3)OS(=O)(=O)c3ccccc32)cc1.Cc1ccc(C2(c3ccc(O)c(F)c3)OS(=O)(=O)c3ccccc32)cc1F. The van der Waals surface area contributed by atoms with Crippen molar-refractivity contribution in [3.8, 4) is 34.5 Å². The lowest BCUT2D eigenvalue weighted by Gasteiger charge is -2.30. The largest absolute Gasteiger partial charge is 0.508 e. The van der Waals surface area contributed by atoms with Crippen molar-refractivity contribution in [2.45, 2.75) is 94.0 Å². The maximum atomic E-state index is 14.4. The van der Waals surface area contributed by atoms with E-state index < -0.39 is 177 Å². The van der Waals surface area contributed by atoms with Crippen LogP contribution in [0.25, 0.3) is 0 Å². The second-order valence-electron chi connectivity index (χ2n) is 32.5. The van der Waals surface area contributed by atoms with Crippen molar-refractivity contribution in [1.29, 1.82) is 0 Å². The van der Waals surface area contributed by atoms with Crippen LogP contribution in [-0.4, -0.2) is 72.7 Å². The number of aryl methyl sites for hydroxylation is 5. The topological polar surface area (TPSA) is 338 Å². The van der Waals surface area contributed by atoms with Crippen molar-refractivity contribution in [3.05, 3.63) is 466 Å². The molecular formula is C101H71F11O21S5. The predicted octanol–water partition coefficient (Wildman–Crippen LogP) is 20.1. The average Bonchev–Trinajstić information content (AvgIpc) is 1.58. The monoisotopic (exact) mass is 1990 g/mol. The van der Waals surface area contributed by atoms with E-state index in [-0.39, 0.29) is 97.0 Å². The lowest BCUT2D eigenvalue weighted by Crippen LogP contribution is -2.30. The summed E-state index contributed by atoms with van der Waals surface area (Å²) in [6.07, 6.45) is 0. The van der Waals surface area contributed by atoms with Gasteiger partial charge >= 0.3 is 0 Å². The van der Waals surface area contributed by atoms with Gasteiger partial charge in [0.25, 0.3) is 50.6 Å². The van der Waals surface area contributed by atoms with Gasteiger partial charge in [-0.1, -0.05) is 163 Å². The maximum Gasteiger partial charge on any atom is 0.298 e. The smallest absolute Gasteiger partial charge is 0.298 e. The summed E-state index contributed by atoms with van der Waals surface area (Å²) in [5, 5.41) is 57.7. The number of phenolic OH excluding ortho intramolecular Hbond substituents is 6. The molecule has 5 heterocycles. The van der Waals surface area contributed by atoms with Crippen LogP contribution in [0.1, 0.15) is 117 Å². The molecule has 5 aliphatic rings. The Morgan fingerprint density at radius 3 is 0.710 bits per heavy atom. The molecular weight excluding hydrogens is 1920 g/mol. The van der Waals surface area contributed by atoms with Gasteiger partial charge in [-0.3, -0.25) is 0 Å². The Labute approximate surface area is 782 Å². The Balaban J connectivity index is 0.000000125. The zero-order valence-corrected chi connectivity index (χ0v) is 76.2. The summed E-state index contributed by atoms with van der Waals surface area (Å²) in [6, 6.07) is 64.2. The van der Waals surface area contributed by atoms with E-state index in [4.69, 9.17) is 20.9 Å². The van der Waals surface area contributed by atoms with Crippen LogP contribution in [0.5, 0.6) is 34.5 Å². The highest BCUT2D eigenvalue weighted by Crippen LogP contribution is 2.58. The lowest BCUT2D eigenvalue weighted by molar-refractivity contribution is 0.177. The van der Waals surface area contributed by atoms with Crippen molar-refractivity contribution in [2.75, 3.05) is 0 Å². The molecule has 0 bridgehead atoms. The molecule has 138 heavy (non-hydrogen) atoms. The molecule has 37 heteroatoms. The summed E-state index contributed by atoms with van der Waals surface area (Å²) < 4.78 is 311. The molecule has 0 aromatic heterocycles. The van der Waals surface area contributed by atoms with E-state index in [9.17, 15) is 121 Å². The minimum absolute atomic E-state index is 0.00753. The molecule has 0 spiro atoms. The first-order valence-electron chi connectivity index (χ1n) is 41.0. The molecule has 15 aromatic carbocycles. The standard InChI is InChI=1S/C21H17FO5S.C20H12F4O4S.C20H13F3O4S.C20H14F2O4S.C20H15FO4S/c1-12-9-14(7-8-18(12)23)21(15-10-13(2)20(24)17(22)11-15)16-5-3-4-6-19(16)28(25,26)27-21;1-10-14(21)6-11(7-15(10)22)20(12-8-16(23)19(25)17(24)9-12)13-4-2-3-5-18(13)29(26,27)28-20;1-11-6-7-12(8-15(11)21)20(13-9-16(22)19(24)17(23)10-13)14-4-2-3-5-18(14)28(25,26)27-20;1-12-6-7-13(10-16(12)21)20(14-8-9-18(23)17(22)11-14)15-4-2-3-5-19(15)27(24,25)26-20;1-13-6-8-14(9-7-13)20(15-10-11-18(22)17(21)12-15)16-4-2-3-5-19(16)26(23,24)25-20/h3-11,23-24H,1-2H3;2-9,25H,1H3;2-10,24H,1H3;2-11,23H,1H3;2-12,22H,1H3. The van der Waals surface area contributed by atoms with Gasteiger partial charge in [-0.2, -0.15) is 42.1 Å². The summed E-state index contributed by atoms with van der Waals surface area (Å²) in [5.41, 5.74) is -5.22. The predicted molar refractivity (Wildman–Crippen MR) is 475 cm³/mol. The second-order valence-corrected chi connectivity index (χ2v) is 40.0. The number of hydrogen-bond donors (Lipinski definition) is 6. The van der Waals surface area contributed by atoms with Crippen LogP contribution < -0.4 is 0 Å². The molecule has 0 saturated carbocycles. The van der Waals surface area contributed by atoms with Gasteiger partial charge in [0, 0.05) is 50.1 Å². The van der Waals surface area contributed by atoms with E-state index in [0.717, 1.165) is 60.2 Å². The van der Waals surface area contributed by atoms with Crippen molar-refractivity contribution in [3.63, 3.8) is 0 Å². The van der Waals surface area contributed by atoms with Gasteiger partial charge in [0.2, 0.25) is 0 Å². The summed E-state index contributed by atoms with van der Waals surface area (Å²) in [7, 11) is -21.0. The van der Waals surface area contributed by atoms with E-state index in [0.29, 0.717) is 51.1 Å². The van der Waals surface area contributed by atoms with Crippen molar-refractivity contribution < 1.29 is 142 Å². The van der Waals surface area contributed by atoms with Crippen LogP contribution in [0.4, 0.5) is 48.3 Å². The van der Waals surface area contributed by atoms with Gasteiger partial charge in [-0.05, 0) is 230 Å². The van der Waals surface area contributed by atoms with Gasteiger partial charge in [0.15, 0.2) is 97.5 Å². The molecule has 5 unspecified atom stereocenters. The number of hydrogen-bond acceptors (Lipinski definition) is 21. The van der Waals surface area contributed by atoms with Gasteiger partial charge < -0.3 is 30.6 Å². The molecule has 708 valence electrons. The van der Waals surface area contributed by atoms with Crippen LogP contribution in [0.2, 0.25) is 0 Å². The zero-order valence-electron chi connectivity index (χ0n) is 72.1. The molecule has 0 aliphatic carbocycles. The molecule has 0 saturated heterocycles. The minimum atomic E-state index is -4.43. The molecule has 6 N–H and O–H groups in total. The van der Waals surface area contributed by atoms with Crippen LogP contribution in [0, 0.1) is 106 Å². The lowest BCUT2D eigenvalue weighted by atomic mass is 9.79. The van der Waals surface area contributed by atoms with E-state index in [1.54, 1.807) is 98.8 Å². The average molecular weight is 1990 g/mol. The number of benzene rings is 15. The number of phenols is 6. The van der Waals surface area contributed by atoms with Crippen molar-refractivity contribution >= 4 is 50.6 Å². The molecule has 0 amide bonds. The molecule has 0 radical (unpaired) electrons. The van der Waals surface area contributed by atoms with Crippen molar-refractivity contribution in [1.82, 2.24) is 0 Å². The van der Waals surface area contributed by atoms with E-state index in [2.05, 4.69) is 0 Å². The third-order valence-corrected chi connectivity index (χ3v) is 30.8. The Morgan fingerprint density at radius 2 is 0.420 bits per heavy atom. The maximum absolute atomic E-state index is 14.4. The van der Waals surface area contributed by atoms with Gasteiger partial charge in [-0.25, -0.2) is 69.2 Å². The summed E-state index contributed by atoms with van der Waals surface area (Å²) in [4.78, 5) is -0.527. The molecule has 5 atom stereocenters. The van der Waals surface area contributed by atoms with Gasteiger partial charge in [0.1, 0.15) is 53.5 Å². The number of fused-ring (bicyclic) bond motifs is 5. The summed E-state index contributed by atoms with van der Waals surface area (Å²) >= 11 is 0. The highest BCUT2D eigenvalue weighted by atomic mass is 32.2. The summed E-state index contributed by atoms with van der Waals surface area (Å²) in [5.74, 6) is -15.3. The second kappa shape index (κ2) is 35.5. The number of aromatic hydroxyl groups is 6. The first kappa shape index (κ1) is 97.0. The highest BCUT2D eigenvalue weighted by Gasteiger charge is 2.58. The van der Waals surface area contributed by atoms with E-state index in [1.165, 1.54) is 142 Å². The fourth-order valence-corrected chi connectivity index (χ4v) is 24.2. The number of rotatable bonds is 10. The van der Waals surface area contributed by atoms with Crippen LogP contribution in [0.3, 0.4) is 0 Å². The third-order valence-electron chi connectivity index (χ3n) is 24.0. The number of halogens is 11. The molecule has 0 fully saturated rings. The van der Waals surface area contributed by atoms with Gasteiger partial charge in [-0.15, -0.1) is 0 Å². The van der Waals surface area contributed by atoms with Gasteiger partial charge in [0.05, 0.1) is 0 Å². The Morgan fingerprint density at radius 1 is 0.203 bits per heavy atom. The van der Waals surface area contributed by atoms with E-state index in [1.807, 2.05) is 19.1 Å². The zero-order chi connectivity index (χ0) is 99.6. The quantitative estimate of drug-likeness (QED) is 0.0547. The fourth-order valence-electron chi connectivity index (χ4n) is 17.1. The van der Waals surface area contributed by atoms with Crippen molar-refractivity contribution in [2.24, 2.45) is 0 Å². The first-order chi connectivity index (χ1) is 65.0. The molecule has 21 nitrogen and oxygen atoms in total. The third kappa shape index (κ3) is 16.4. The highest BCUT2D eigenvalue weighted by molar-refractivity contribution is 7.88. The Bertz CT molecular complexity index is 7810. The fraction of sp³-hybridized carbons (Fsp3) is 0.109. The Hall–Kier alpha value is -14.1. The Kier molecular flexibility index (Phi) is 24.9. The minimum Gasteiger partial charge on any atom is -0.508 e. The van der Waals surface area contributed by atoms with E-state index >= 15 is 0 Å². The summed E-state index contributed by atoms with van der Waals surface area (Å²) in [6.45, 7) is 9.38. The molecule has 20 rings (SSSR count).